The minimum Gasteiger partial charge on any atom is -0.385 e. The maximum Gasteiger partial charge on any atom is 0.181 e. The topological polar surface area (TPSA) is 30.9 Å². The van der Waals surface area contributed by atoms with Crippen LogP contribution in [0.15, 0.2) is 0 Å². The lowest BCUT2D eigenvalue weighted by Crippen LogP contribution is -2.51. The summed E-state index contributed by atoms with van der Waals surface area (Å²) in [5.74, 6) is -0.292. The van der Waals surface area contributed by atoms with Crippen molar-refractivity contribution in [2.45, 2.75) is 38.0 Å². The first kappa shape index (κ1) is 12.3. The Bertz CT molecular complexity index is 216. The lowest BCUT2D eigenvalue weighted by Gasteiger charge is -2.41. The van der Waals surface area contributed by atoms with Crippen molar-refractivity contribution in [1.82, 2.24) is 4.90 Å². The molecule has 94 valence electrons. The molecule has 1 atom stereocenters. The SMILES string of the molecule is COCCC(C)N1CCCC2(C1)OCCO2. The van der Waals surface area contributed by atoms with Crippen LogP contribution in [0.4, 0.5) is 0 Å². The molecule has 2 aliphatic rings. The van der Waals surface area contributed by atoms with Crippen LogP contribution in [0.5, 0.6) is 0 Å². The largest absolute Gasteiger partial charge is 0.385 e. The van der Waals surface area contributed by atoms with Gasteiger partial charge in [-0.15, -0.1) is 0 Å². The van der Waals surface area contributed by atoms with Gasteiger partial charge in [-0.2, -0.15) is 0 Å². The number of hydrogen-bond donors (Lipinski definition) is 0. The standard InChI is InChI=1S/C12H23NO3/c1-11(4-7-14-2)13-6-3-5-12(10-13)15-8-9-16-12/h11H,3-10H2,1-2H3. The highest BCUT2D eigenvalue weighted by Gasteiger charge is 2.41. The highest BCUT2D eigenvalue weighted by atomic mass is 16.7. The third-order valence-electron chi connectivity index (χ3n) is 3.62. The van der Waals surface area contributed by atoms with Crippen molar-refractivity contribution in [2.75, 3.05) is 40.0 Å². The molecule has 0 N–H and O–H groups in total. The van der Waals surface area contributed by atoms with Crippen molar-refractivity contribution < 1.29 is 14.2 Å². The van der Waals surface area contributed by atoms with Crippen LogP contribution in [-0.2, 0) is 14.2 Å². The number of piperidine rings is 1. The van der Waals surface area contributed by atoms with Crippen LogP contribution in [0.3, 0.4) is 0 Å². The average molecular weight is 229 g/mol. The van der Waals surface area contributed by atoms with E-state index in [1.54, 1.807) is 7.11 Å². The van der Waals surface area contributed by atoms with Crippen molar-refractivity contribution in [2.24, 2.45) is 0 Å². The van der Waals surface area contributed by atoms with Crippen LogP contribution >= 0.6 is 0 Å². The Hall–Kier alpha value is -0.160. The Kier molecular flexibility index (Phi) is 4.19. The molecule has 0 aromatic carbocycles. The quantitative estimate of drug-likeness (QED) is 0.726. The number of hydrogen-bond acceptors (Lipinski definition) is 4. The summed E-state index contributed by atoms with van der Waals surface area (Å²) in [7, 11) is 1.76. The van der Waals surface area contributed by atoms with E-state index in [4.69, 9.17) is 14.2 Å². The van der Waals surface area contributed by atoms with Gasteiger partial charge in [-0.3, -0.25) is 4.90 Å². The monoisotopic (exact) mass is 229 g/mol. The van der Waals surface area contributed by atoms with Gasteiger partial charge in [-0.1, -0.05) is 0 Å². The summed E-state index contributed by atoms with van der Waals surface area (Å²) in [5, 5.41) is 0. The zero-order chi connectivity index (χ0) is 11.4. The normalized spacial score (nSPS) is 27.4. The molecule has 0 aromatic heterocycles. The molecule has 4 heteroatoms. The van der Waals surface area contributed by atoms with Crippen LogP contribution in [0.2, 0.25) is 0 Å². The predicted octanol–water partition coefficient (Wildman–Crippen LogP) is 1.25. The van der Waals surface area contributed by atoms with E-state index < -0.39 is 0 Å². The Labute approximate surface area is 97.8 Å². The molecule has 2 fully saturated rings. The van der Waals surface area contributed by atoms with E-state index in [9.17, 15) is 0 Å². The first-order chi connectivity index (χ1) is 7.76. The lowest BCUT2D eigenvalue weighted by atomic mass is 10.0. The molecule has 1 spiro atoms. The molecule has 2 saturated heterocycles. The van der Waals surface area contributed by atoms with Gasteiger partial charge >= 0.3 is 0 Å². The van der Waals surface area contributed by atoms with Gasteiger partial charge in [0.2, 0.25) is 0 Å². The molecule has 0 saturated carbocycles. The average Bonchev–Trinajstić information content (AvgIpc) is 2.74. The van der Waals surface area contributed by atoms with E-state index in [0.29, 0.717) is 6.04 Å². The second kappa shape index (κ2) is 5.45. The molecular weight excluding hydrogens is 206 g/mol. The fourth-order valence-electron chi connectivity index (χ4n) is 2.60. The Balaban J connectivity index is 1.85. The summed E-state index contributed by atoms with van der Waals surface area (Å²) in [6.45, 7) is 6.65. The van der Waals surface area contributed by atoms with Gasteiger partial charge < -0.3 is 14.2 Å². The minimum atomic E-state index is -0.292. The minimum absolute atomic E-state index is 0.292. The van der Waals surface area contributed by atoms with Gasteiger partial charge in [-0.25, -0.2) is 0 Å². The molecule has 2 aliphatic heterocycles. The van der Waals surface area contributed by atoms with Gasteiger partial charge in [0.1, 0.15) is 0 Å². The number of likely N-dealkylation sites (tertiary alicyclic amines) is 1. The molecule has 0 radical (unpaired) electrons. The molecular formula is C12H23NO3. The maximum atomic E-state index is 5.77. The molecule has 0 aliphatic carbocycles. The van der Waals surface area contributed by atoms with Crippen LogP contribution in [0, 0.1) is 0 Å². The van der Waals surface area contributed by atoms with Crippen molar-refractivity contribution in [1.29, 1.82) is 0 Å². The fourth-order valence-corrected chi connectivity index (χ4v) is 2.60. The van der Waals surface area contributed by atoms with Gasteiger partial charge in [0, 0.05) is 26.2 Å². The lowest BCUT2D eigenvalue weighted by molar-refractivity contribution is -0.193. The van der Waals surface area contributed by atoms with Gasteiger partial charge in [0.15, 0.2) is 5.79 Å². The van der Waals surface area contributed by atoms with Crippen molar-refractivity contribution >= 4 is 0 Å². The van der Waals surface area contributed by atoms with Gasteiger partial charge in [0.25, 0.3) is 0 Å². The highest BCUT2D eigenvalue weighted by Crippen LogP contribution is 2.31. The number of nitrogens with zero attached hydrogens (tertiary/aromatic N) is 1. The number of rotatable bonds is 4. The van der Waals surface area contributed by atoms with E-state index in [1.165, 1.54) is 0 Å². The van der Waals surface area contributed by atoms with Crippen LogP contribution in [0.25, 0.3) is 0 Å². The summed E-state index contributed by atoms with van der Waals surface area (Å²) in [6.07, 6.45) is 3.28. The Morgan fingerprint density at radius 3 is 2.81 bits per heavy atom. The molecule has 0 bridgehead atoms. The summed E-state index contributed by atoms with van der Waals surface area (Å²) in [6, 6.07) is 0.546. The van der Waals surface area contributed by atoms with E-state index >= 15 is 0 Å². The first-order valence-corrected chi connectivity index (χ1v) is 6.27. The van der Waals surface area contributed by atoms with E-state index in [0.717, 1.165) is 52.2 Å². The summed E-state index contributed by atoms with van der Waals surface area (Å²) in [4.78, 5) is 2.47. The summed E-state index contributed by atoms with van der Waals surface area (Å²) >= 11 is 0. The third-order valence-corrected chi connectivity index (χ3v) is 3.62. The van der Waals surface area contributed by atoms with Crippen molar-refractivity contribution in [3.63, 3.8) is 0 Å². The zero-order valence-electron chi connectivity index (χ0n) is 10.4. The fraction of sp³-hybridized carbons (Fsp3) is 1.00. The molecule has 1 unspecified atom stereocenters. The summed E-state index contributed by atoms with van der Waals surface area (Å²) in [5.41, 5.74) is 0. The molecule has 4 nitrogen and oxygen atoms in total. The maximum absolute atomic E-state index is 5.77. The van der Waals surface area contributed by atoms with Crippen molar-refractivity contribution in [3.8, 4) is 0 Å². The van der Waals surface area contributed by atoms with E-state index in [-0.39, 0.29) is 5.79 Å². The van der Waals surface area contributed by atoms with E-state index in [1.807, 2.05) is 0 Å². The molecule has 0 amide bonds. The van der Waals surface area contributed by atoms with Gasteiger partial charge in [0.05, 0.1) is 19.8 Å². The molecule has 2 rings (SSSR count). The second-order valence-corrected chi connectivity index (χ2v) is 4.81. The van der Waals surface area contributed by atoms with Crippen LogP contribution in [0.1, 0.15) is 26.2 Å². The van der Waals surface area contributed by atoms with Crippen LogP contribution in [-0.4, -0.2) is 56.7 Å². The first-order valence-electron chi connectivity index (χ1n) is 6.27. The molecule has 0 aromatic rings. The van der Waals surface area contributed by atoms with Crippen molar-refractivity contribution in [3.05, 3.63) is 0 Å². The second-order valence-electron chi connectivity index (χ2n) is 4.81. The summed E-state index contributed by atoms with van der Waals surface area (Å²) < 4.78 is 16.7. The Morgan fingerprint density at radius 1 is 1.38 bits per heavy atom. The third kappa shape index (κ3) is 2.74. The molecule has 2 heterocycles. The number of methoxy groups -OCH3 is 1. The number of ether oxygens (including phenoxy) is 3. The molecule has 16 heavy (non-hydrogen) atoms. The van der Waals surface area contributed by atoms with Crippen LogP contribution < -0.4 is 0 Å². The predicted molar refractivity (Wildman–Crippen MR) is 61.4 cm³/mol. The Morgan fingerprint density at radius 2 is 2.12 bits per heavy atom. The highest BCUT2D eigenvalue weighted by molar-refractivity contribution is 4.85. The zero-order valence-corrected chi connectivity index (χ0v) is 10.4. The van der Waals surface area contributed by atoms with Gasteiger partial charge in [-0.05, 0) is 26.3 Å². The van der Waals surface area contributed by atoms with E-state index in [2.05, 4.69) is 11.8 Å². The smallest absolute Gasteiger partial charge is 0.181 e.